The number of ether oxygens (including phenoxy) is 1. The molecule has 0 aliphatic heterocycles. The molecule has 0 atom stereocenters. The van der Waals surface area contributed by atoms with Crippen LogP contribution in [0.2, 0.25) is 0 Å². The first-order chi connectivity index (χ1) is 23.7. The van der Waals surface area contributed by atoms with E-state index >= 15 is 0 Å². The number of aryl methyl sites for hydroxylation is 2. The molecule has 5 rings (SSSR count). The normalized spacial score (nSPS) is 11.4. The van der Waals surface area contributed by atoms with Gasteiger partial charge in [-0.3, -0.25) is 15.1 Å². The number of hydrogen-bond acceptors (Lipinski definition) is 7. The highest BCUT2D eigenvalue weighted by Gasteiger charge is 2.13. The van der Waals surface area contributed by atoms with E-state index in [1.54, 1.807) is 0 Å². The van der Waals surface area contributed by atoms with Crippen LogP contribution in [0.1, 0.15) is 128 Å². The van der Waals surface area contributed by atoms with E-state index < -0.39 is 0 Å². The van der Waals surface area contributed by atoms with Gasteiger partial charge in [-0.2, -0.15) is 0 Å². The molecule has 0 spiro atoms. The van der Waals surface area contributed by atoms with Crippen LogP contribution in [0.25, 0.3) is 21.2 Å². The summed E-state index contributed by atoms with van der Waals surface area (Å²) in [6.07, 6.45) is 12.9. The number of aromatic nitrogens is 1. The molecule has 1 aliphatic rings. The Morgan fingerprint density at radius 3 is 1.98 bits per heavy atom. The highest BCUT2D eigenvalue weighted by molar-refractivity contribution is 7.21. The second kappa shape index (κ2) is 30.8. The standard InChI is InChI=1S/C16H20N2O.C10H8O2S.C7H14.C4H10.2C2H6.CH5N/c1-4-13-9-14(7-8-16(13)19-11-17-3)15-6-5-12(2)18-10-15;1-6(11)10-9(12)7-4-2-3-5-8(7)13-10;1-7-5-3-2-4-6-7;1-3-4-2;3*1-2/h5-10,17H,4,11H2,1-3H3;2-5,12H,1H3;7H,2-6H2,1H3;3-4H2,1-2H3;2*1-2H3;2H2,1H3. The van der Waals surface area contributed by atoms with E-state index in [9.17, 15) is 9.90 Å². The van der Waals surface area contributed by atoms with Crippen LogP contribution in [0.3, 0.4) is 0 Å². The number of benzene rings is 2. The second-order valence-corrected chi connectivity index (χ2v) is 12.1. The molecule has 0 saturated heterocycles. The fraction of sp³-hybridized carbons (Fsp3) is 0.524. The van der Waals surface area contributed by atoms with Crippen molar-refractivity contribution in [3.8, 4) is 22.6 Å². The third-order valence-corrected chi connectivity index (χ3v) is 8.60. The summed E-state index contributed by atoms with van der Waals surface area (Å²) in [5.41, 5.74) is 9.07. The maximum atomic E-state index is 11.1. The zero-order chi connectivity index (χ0) is 37.6. The molecule has 1 saturated carbocycles. The van der Waals surface area contributed by atoms with Crippen LogP contribution in [-0.2, 0) is 6.42 Å². The van der Waals surface area contributed by atoms with E-state index in [1.807, 2.05) is 84.3 Å². The number of fused-ring (bicyclic) bond motifs is 1. The number of thiophene rings is 1. The monoisotopic (exact) mass is 696 g/mol. The lowest BCUT2D eigenvalue weighted by Gasteiger charge is -2.15. The van der Waals surface area contributed by atoms with E-state index in [4.69, 9.17) is 4.74 Å². The van der Waals surface area contributed by atoms with Crippen molar-refractivity contribution in [2.24, 2.45) is 11.7 Å². The number of aromatic hydroxyl groups is 1. The zero-order valence-electron chi connectivity index (χ0n) is 32.9. The highest BCUT2D eigenvalue weighted by Crippen LogP contribution is 2.36. The Labute approximate surface area is 303 Å². The Bertz CT molecular complexity index is 1360. The molecule has 0 radical (unpaired) electrons. The van der Waals surface area contributed by atoms with Gasteiger partial charge in [0.2, 0.25) is 0 Å². The summed E-state index contributed by atoms with van der Waals surface area (Å²) in [6.45, 7) is 20.8. The van der Waals surface area contributed by atoms with Crippen LogP contribution < -0.4 is 15.8 Å². The van der Waals surface area contributed by atoms with E-state index in [1.165, 1.54) is 81.4 Å². The van der Waals surface area contributed by atoms with Gasteiger partial charge in [-0.1, -0.05) is 125 Å². The highest BCUT2D eigenvalue weighted by atomic mass is 32.1. The van der Waals surface area contributed by atoms with Gasteiger partial charge < -0.3 is 15.6 Å². The Kier molecular flexibility index (Phi) is 30.1. The molecule has 1 aliphatic carbocycles. The molecule has 276 valence electrons. The minimum atomic E-state index is -0.0845. The van der Waals surface area contributed by atoms with Crippen molar-refractivity contribution in [3.63, 3.8) is 0 Å². The van der Waals surface area contributed by atoms with E-state index in [2.05, 4.69) is 61.9 Å². The summed E-state index contributed by atoms with van der Waals surface area (Å²) >= 11 is 1.33. The summed E-state index contributed by atoms with van der Waals surface area (Å²) < 4.78 is 6.61. The van der Waals surface area contributed by atoms with Gasteiger partial charge in [0.1, 0.15) is 23.1 Å². The molecular weight excluding hydrogens is 627 g/mol. The van der Waals surface area contributed by atoms with Crippen molar-refractivity contribution in [1.82, 2.24) is 10.3 Å². The Morgan fingerprint density at radius 1 is 0.939 bits per heavy atom. The molecule has 0 bridgehead atoms. The third-order valence-electron chi connectivity index (χ3n) is 7.34. The fourth-order valence-corrected chi connectivity index (χ4v) is 5.53. The molecule has 49 heavy (non-hydrogen) atoms. The van der Waals surface area contributed by atoms with Crippen LogP contribution in [0.4, 0.5) is 0 Å². The van der Waals surface area contributed by atoms with E-state index in [0.29, 0.717) is 11.6 Å². The zero-order valence-corrected chi connectivity index (χ0v) is 33.7. The number of nitrogens with two attached hydrogens (primary N) is 1. The molecule has 4 N–H and O–H groups in total. The first-order valence-electron chi connectivity index (χ1n) is 18.4. The fourth-order valence-electron chi connectivity index (χ4n) is 4.54. The number of Topliss-reactive ketones (excluding diaryl/α,β-unsaturated/α-hetero) is 1. The second-order valence-electron chi connectivity index (χ2n) is 11.1. The molecule has 4 aromatic rings. The summed E-state index contributed by atoms with van der Waals surface area (Å²) in [4.78, 5) is 15.9. The molecule has 0 unspecified atom stereocenters. The lowest BCUT2D eigenvalue weighted by molar-refractivity contribution is 0.101. The predicted octanol–water partition coefficient (Wildman–Crippen LogP) is 12.0. The molecule has 7 heteroatoms. The summed E-state index contributed by atoms with van der Waals surface area (Å²) in [5, 5.41) is 13.4. The topological polar surface area (TPSA) is 97.5 Å². The van der Waals surface area contributed by atoms with E-state index in [0.717, 1.165) is 39.4 Å². The van der Waals surface area contributed by atoms with Gasteiger partial charge in [0, 0.05) is 34.5 Å². The van der Waals surface area contributed by atoms with E-state index in [-0.39, 0.29) is 11.5 Å². The first kappa shape index (κ1) is 47.9. The average Bonchev–Trinajstić information content (AvgIpc) is 3.51. The smallest absolute Gasteiger partial charge is 0.173 e. The van der Waals surface area contributed by atoms with Gasteiger partial charge in [0.25, 0.3) is 0 Å². The average molecular weight is 696 g/mol. The quantitative estimate of drug-likeness (QED) is 0.131. The number of carbonyl (C=O) groups excluding carboxylic acids is 1. The number of hydrogen-bond donors (Lipinski definition) is 3. The van der Waals surface area contributed by atoms with Gasteiger partial charge >= 0.3 is 0 Å². The summed E-state index contributed by atoms with van der Waals surface area (Å²) in [6, 6.07) is 17.9. The number of carbonyl (C=O) groups is 1. The van der Waals surface area contributed by atoms with Crippen molar-refractivity contribution >= 4 is 27.2 Å². The summed E-state index contributed by atoms with van der Waals surface area (Å²) in [7, 11) is 3.37. The Morgan fingerprint density at radius 2 is 1.53 bits per heavy atom. The summed E-state index contributed by atoms with van der Waals surface area (Å²) in [5.74, 6) is 2.02. The van der Waals surface area contributed by atoms with Crippen LogP contribution >= 0.6 is 11.3 Å². The number of nitrogens with zero attached hydrogens (tertiary/aromatic N) is 1. The Balaban J connectivity index is 0. The number of rotatable bonds is 7. The molecule has 2 aromatic carbocycles. The molecule has 1 fully saturated rings. The van der Waals surface area contributed by atoms with Crippen molar-refractivity contribution in [2.45, 2.75) is 121 Å². The number of unbranched alkanes of at least 4 members (excludes halogenated alkanes) is 1. The molecule has 6 nitrogen and oxygen atoms in total. The van der Waals surface area contributed by atoms with Crippen molar-refractivity contribution < 1.29 is 14.6 Å². The first-order valence-corrected chi connectivity index (χ1v) is 19.2. The van der Waals surface area contributed by atoms with Crippen LogP contribution in [-0.4, -0.2) is 36.7 Å². The predicted molar refractivity (Wildman–Crippen MR) is 217 cm³/mol. The largest absolute Gasteiger partial charge is 0.506 e. The van der Waals surface area contributed by atoms with Crippen LogP contribution in [0.5, 0.6) is 11.5 Å². The number of pyridine rings is 1. The van der Waals surface area contributed by atoms with Gasteiger partial charge in [-0.25, -0.2) is 0 Å². The van der Waals surface area contributed by atoms with Crippen molar-refractivity contribution in [3.05, 3.63) is 76.9 Å². The van der Waals surface area contributed by atoms with Crippen LogP contribution in [0, 0.1) is 12.8 Å². The van der Waals surface area contributed by atoms with Gasteiger partial charge in [-0.15, -0.1) is 11.3 Å². The lowest BCUT2D eigenvalue weighted by atomic mass is 9.91. The SMILES string of the molecule is CC.CC.CC(=O)c1sc2ccccc2c1O.CC1CCCCC1.CCCC.CCc1cc(-c2ccc(C)nc2)ccc1OCNC.CN. The maximum absolute atomic E-state index is 11.1. The molecular formula is C42H69N3O3S. The van der Waals surface area contributed by atoms with Crippen molar-refractivity contribution in [1.29, 1.82) is 0 Å². The van der Waals surface area contributed by atoms with Gasteiger partial charge in [-0.05, 0) is 74.8 Å². The van der Waals surface area contributed by atoms with Crippen LogP contribution in [0.15, 0.2) is 60.8 Å². The Hall–Kier alpha value is -3.26. The molecule has 2 heterocycles. The lowest BCUT2D eigenvalue weighted by Crippen LogP contribution is -2.14. The minimum Gasteiger partial charge on any atom is -0.506 e. The molecule has 0 amide bonds. The van der Waals surface area contributed by atoms with Crippen molar-refractivity contribution in [2.75, 3.05) is 20.8 Å². The molecule has 2 aromatic heterocycles. The van der Waals surface area contributed by atoms with Gasteiger partial charge in [0.05, 0.1) is 0 Å². The minimum absolute atomic E-state index is 0.0845. The number of ketones is 1. The number of nitrogens with one attached hydrogen (secondary N) is 1. The van der Waals surface area contributed by atoms with Gasteiger partial charge in [0.15, 0.2) is 5.78 Å². The maximum Gasteiger partial charge on any atom is 0.173 e. The third kappa shape index (κ3) is 18.9.